The summed E-state index contributed by atoms with van der Waals surface area (Å²) in [5, 5.41) is 18.7. The van der Waals surface area contributed by atoms with Crippen LogP contribution < -0.4 is 5.46 Å². The van der Waals surface area contributed by atoms with Gasteiger partial charge < -0.3 is 10.0 Å². The smallest absolute Gasteiger partial charge is 0.423 e. The van der Waals surface area contributed by atoms with Crippen molar-refractivity contribution in [2.75, 3.05) is 0 Å². The number of rotatable bonds is 5. The van der Waals surface area contributed by atoms with E-state index in [1.165, 1.54) is 5.56 Å². The van der Waals surface area contributed by atoms with E-state index in [0.717, 1.165) is 17.5 Å². The van der Waals surface area contributed by atoms with Gasteiger partial charge in [-0.2, -0.15) is 0 Å². The molecule has 0 fully saturated rings. The second-order valence-corrected chi connectivity index (χ2v) is 5.63. The van der Waals surface area contributed by atoms with Crippen LogP contribution in [0.2, 0.25) is 0 Å². The van der Waals surface area contributed by atoms with Crippen LogP contribution in [0.1, 0.15) is 29.8 Å². The molecule has 2 rings (SSSR count). The highest BCUT2D eigenvalue weighted by Crippen LogP contribution is 2.20. The molecule has 0 amide bonds. The zero-order valence-electron chi connectivity index (χ0n) is 12.3. The molecule has 2 N–H and O–H groups in total. The maximum atomic E-state index is 10.9. The third-order valence-corrected chi connectivity index (χ3v) is 3.42. The maximum absolute atomic E-state index is 10.9. The van der Waals surface area contributed by atoms with Crippen molar-refractivity contribution in [3.8, 4) is 11.1 Å². The molecule has 2 aromatic carbocycles. The number of carbonyl (C=O) groups excluding carboxylic acids is 1. The van der Waals surface area contributed by atoms with Gasteiger partial charge >= 0.3 is 7.12 Å². The lowest BCUT2D eigenvalue weighted by Gasteiger charge is -2.09. The third kappa shape index (κ3) is 3.81. The van der Waals surface area contributed by atoms with Crippen LogP contribution in [0, 0.1) is 5.92 Å². The number of hydrogen-bond donors (Lipinski definition) is 2. The molecule has 108 valence electrons. The topological polar surface area (TPSA) is 57.5 Å². The highest BCUT2D eigenvalue weighted by atomic mass is 16.4. The van der Waals surface area contributed by atoms with Gasteiger partial charge in [0.15, 0.2) is 0 Å². The molecule has 0 aliphatic rings. The van der Waals surface area contributed by atoms with E-state index in [1.54, 1.807) is 12.1 Å². The first-order valence-corrected chi connectivity index (χ1v) is 7.06. The Labute approximate surface area is 125 Å². The zero-order valence-corrected chi connectivity index (χ0v) is 12.3. The quantitative estimate of drug-likeness (QED) is 0.652. The molecule has 0 aromatic heterocycles. The fraction of sp³-hybridized carbons (Fsp3) is 0.235. The van der Waals surface area contributed by atoms with Gasteiger partial charge in [0.25, 0.3) is 0 Å². The van der Waals surface area contributed by atoms with E-state index in [9.17, 15) is 14.8 Å². The molecular formula is C17H19BO3. The maximum Gasteiger partial charge on any atom is 0.489 e. The molecule has 0 unspecified atom stereocenters. The summed E-state index contributed by atoms with van der Waals surface area (Å²) in [5.74, 6) is 0.610. The van der Waals surface area contributed by atoms with Crippen molar-refractivity contribution in [3.05, 3.63) is 53.6 Å². The van der Waals surface area contributed by atoms with Gasteiger partial charge in [0.1, 0.15) is 6.29 Å². The Morgan fingerprint density at radius 3 is 2.19 bits per heavy atom. The van der Waals surface area contributed by atoms with Crippen LogP contribution in [0.3, 0.4) is 0 Å². The number of aldehydes is 1. The van der Waals surface area contributed by atoms with Crippen molar-refractivity contribution in [2.24, 2.45) is 5.92 Å². The second-order valence-electron chi connectivity index (χ2n) is 5.63. The molecule has 4 heteroatoms. The predicted molar refractivity (Wildman–Crippen MR) is 85.6 cm³/mol. The molecule has 0 radical (unpaired) electrons. The van der Waals surface area contributed by atoms with Crippen LogP contribution in [0.5, 0.6) is 0 Å². The summed E-state index contributed by atoms with van der Waals surface area (Å²) in [6.07, 6.45) is 1.66. The van der Waals surface area contributed by atoms with E-state index in [0.29, 0.717) is 17.8 Å². The molecule has 0 bridgehead atoms. The SMILES string of the molecule is CC(C)Cc1ccc(-c2ccc(C=O)c(B(O)O)c2)cc1. The number of benzene rings is 2. The van der Waals surface area contributed by atoms with Crippen LogP contribution in [0.4, 0.5) is 0 Å². The zero-order chi connectivity index (χ0) is 15.4. The minimum atomic E-state index is -1.65. The van der Waals surface area contributed by atoms with Crippen molar-refractivity contribution < 1.29 is 14.8 Å². The highest BCUT2D eigenvalue weighted by molar-refractivity contribution is 6.60. The minimum absolute atomic E-state index is 0.230. The first-order valence-electron chi connectivity index (χ1n) is 7.06. The lowest BCUT2D eigenvalue weighted by Crippen LogP contribution is -2.33. The van der Waals surface area contributed by atoms with E-state index in [4.69, 9.17) is 0 Å². The molecular weight excluding hydrogens is 263 g/mol. The Hall–Kier alpha value is -1.91. The molecule has 0 heterocycles. The Kier molecular flexibility index (Phi) is 4.94. The van der Waals surface area contributed by atoms with Gasteiger partial charge in [-0.05, 0) is 34.5 Å². The summed E-state index contributed by atoms with van der Waals surface area (Å²) in [6.45, 7) is 4.36. The average molecular weight is 282 g/mol. The van der Waals surface area contributed by atoms with Crippen molar-refractivity contribution in [1.29, 1.82) is 0 Å². The van der Waals surface area contributed by atoms with E-state index in [2.05, 4.69) is 26.0 Å². The molecule has 21 heavy (non-hydrogen) atoms. The summed E-state index contributed by atoms with van der Waals surface area (Å²) in [6, 6.07) is 13.3. The predicted octanol–water partition coefficient (Wildman–Crippen LogP) is 2.04. The monoisotopic (exact) mass is 282 g/mol. The van der Waals surface area contributed by atoms with Crippen LogP contribution in [-0.4, -0.2) is 23.5 Å². The van der Waals surface area contributed by atoms with Crippen LogP contribution in [0.25, 0.3) is 11.1 Å². The molecule has 2 aromatic rings. The number of carbonyl (C=O) groups is 1. The van der Waals surface area contributed by atoms with Crippen LogP contribution in [0.15, 0.2) is 42.5 Å². The number of hydrogen-bond acceptors (Lipinski definition) is 3. The van der Waals surface area contributed by atoms with Gasteiger partial charge in [-0.1, -0.05) is 56.3 Å². The third-order valence-electron chi connectivity index (χ3n) is 3.42. The summed E-state index contributed by atoms with van der Waals surface area (Å²) in [7, 11) is -1.65. The Balaban J connectivity index is 2.33. The molecule has 0 saturated carbocycles. The normalized spacial score (nSPS) is 10.7. The second kappa shape index (κ2) is 6.70. The van der Waals surface area contributed by atoms with Gasteiger partial charge in [0.05, 0.1) is 0 Å². The summed E-state index contributed by atoms with van der Waals surface area (Å²) >= 11 is 0. The van der Waals surface area contributed by atoms with Crippen molar-refractivity contribution in [3.63, 3.8) is 0 Å². The molecule has 0 atom stereocenters. The van der Waals surface area contributed by atoms with E-state index < -0.39 is 7.12 Å². The van der Waals surface area contributed by atoms with Gasteiger partial charge in [-0.15, -0.1) is 0 Å². The Bertz CT molecular complexity index is 618. The van der Waals surface area contributed by atoms with Gasteiger partial charge in [-0.3, -0.25) is 4.79 Å². The summed E-state index contributed by atoms with van der Waals surface area (Å²) in [5.41, 5.74) is 3.65. The molecule has 0 saturated heterocycles. The van der Waals surface area contributed by atoms with E-state index in [-0.39, 0.29) is 5.46 Å². The molecule has 0 aliphatic heterocycles. The van der Waals surface area contributed by atoms with Crippen molar-refractivity contribution in [2.45, 2.75) is 20.3 Å². The molecule has 3 nitrogen and oxygen atoms in total. The van der Waals surface area contributed by atoms with Gasteiger partial charge in [0.2, 0.25) is 0 Å². The van der Waals surface area contributed by atoms with E-state index >= 15 is 0 Å². The molecule has 0 spiro atoms. The average Bonchev–Trinajstić information content (AvgIpc) is 2.46. The van der Waals surface area contributed by atoms with Gasteiger partial charge in [0, 0.05) is 5.56 Å². The van der Waals surface area contributed by atoms with E-state index in [1.807, 2.05) is 18.2 Å². The first kappa shape index (κ1) is 15.5. The summed E-state index contributed by atoms with van der Waals surface area (Å²) in [4.78, 5) is 10.9. The van der Waals surface area contributed by atoms with Crippen molar-refractivity contribution >= 4 is 18.9 Å². The standard InChI is InChI=1S/C17H19BO3/c1-12(2)9-13-3-5-14(6-4-13)15-7-8-16(11-19)17(10-15)18(20)21/h3-8,10-12,20-21H,9H2,1-2H3. The first-order chi connectivity index (χ1) is 10.0. The Morgan fingerprint density at radius 1 is 1.05 bits per heavy atom. The van der Waals surface area contributed by atoms with Crippen LogP contribution in [-0.2, 0) is 6.42 Å². The highest BCUT2D eigenvalue weighted by Gasteiger charge is 2.16. The largest absolute Gasteiger partial charge is 0.489 e. The van der Waals surface area contributed by atoms with Gasteiger partial charge in [-0.25, -0.2) is 0 Å². The van der Waals surface area contributed by atoms with Crippen molar-refractivity contribution in [1.82, 2.24) is 0 Å². The lowest BCUT2D eigenvalue weighted by atomic mass is 9.76. The molecule has 0 aliphatic carbocycles. The van der Waals surface area contributed by atoms with Crippen LogP contribution >= 0.6 is 0 Å². The Morgan fingerprint density at radius 2 is 1.67 bits per heavy atom. The lowest BCUT2D eigenvalue weighted by molar-refractivity contribution is 0.112. The fourth-order valence-corrected chi connectivity index (χ4v) is 2.39. The minimum Gasteiger partial charge on any atom is -0.423 e. The summed E-state index contributed by atoms with van der Waals surface area (Å²) < 4.78 is 0. The fourth-order valence-electron chi connectivity index (χ4n) is 2.39.